The van der Waals surface area contributed by atoms with Crippen LogP contribution >= 0.6 is 0 Å². The molecule has 0 aliphatic heterocycles. The molecule has 43 heavy (non-hydrogen) atoms. The molecule has 0 saturated carbocycles. The molecule has 1 nitrogen and oxygen atoms in total. The number of rotatable bonds is 28. The highest BCUT2D eigenvalue weighted by Crippen LogP contribution is 2.18. The third-order valence-corrected chi connectivity index (χ3v) is 8.53. The highest BCUT2D eigenvalue weighted by atomic mass is 19.2. The van der Waals surface area contributed by atoms with E-state index >= 15 is 0 Å². The Morgan fingerprint density at radius 2 is 0.628 bits per heavy atom. The van der Waals surface area contributed by atoms with Crippen LogP contribution in [0.25, 0.3) is 0 Å². The van der Waals surface area contributed by atoms with Crippen molar-refractivity contribution in [1.82, 2.24) is 0 Å². The molecule has 0 unspecified atom stereocenters. The van der Waals surface area contributed by atoms with Gasteiger partial charge in [0.15, 0.2) is 23.3 Å². The van der Waals surface area contributed by atoms with Crippen LogP contribution in [0.1, 0.15) is 152 Å². The lowest BCUT2D eigenvalue weighted by molar-refractivity contribution is 0.125. The predicted octanol–water partition coefficient (Wildman–Crippen LogP) is 12.6. The van der Waals surface area contributed by atoms with Gasteiger partial charge in [-0.2, -0.15) is 0 Å². The molecule has 0 aliphatic carbocycles. The second-order valence-electron chi connectivity index (χ2n) is 12.3. The number of aryl methyl sites for hydroxylation is 2. The summed E-state index contributed by atoms with van der Waals surface area (Å²) in [6.07, 6.45) is 28.1. The molecule has 0 spiro atoms. The van der Waals surface area contributed by atoms with Crippen LogP contribution in [0.2, 0.25) is 0 Å². The molecule has 0 heterocycles. The summed E-state index contributed by atoms with van der Waals surface area (Å²) >= 11 is 0. The molecular weight excluding hydrogens is 548 g/mol. The van der Waals surface area contributed by atoms with Gasteiger partial charge >= 0.3 is 0 Å². The number of halogens is 4. The highest BCUT2D eigenvalue weighted by Gasteiger charge is 2.08. The van der Waals surface area contributed by atoms with Crippen molar-refractivity contribution in [3.05, 3.63) is 70.8 Å². The van der Waals surface area contributed by atoms with Crippen molar-refractivity contribution < 1.29 is 22.3 Å². The van der Waals surface area contributed by atoms with Gasteiger partial charge < -0.3 is 4.74 Å². The molecule has 2 rings (SSSR count). The van der Waals surface area contributed by atoms with E-state index in [0.29, 0.717) is 24.0 Å². The van der Waals surface area contributed by atoms with E-state index in [1.54, 1.807) is 24.3 Å². The second kappa shape index (κ2) is 25.4. The summed E-state index contributed by atoms with van der Waals surface area (Å²) in [5.74, 6) is -2.83. The zero-order valence-corrected chi connectivity index (χ0v) is 26.8. The maximum atomic E-state index is 13.6. The fourth-order valence-electron chi connectivity index (χ4n) is 5.81. The fourth-order valence-corrected chi connectivity index (χ4v) is 5.81. The van der Waals surface area contributed by atoms with Crippen LogP contribution in [0.15, 0.2) is 36.4 Å². The van der Waals surface area contributed by atoms with Crippen LogP contribution in [0.3, 0.4) is 0 Å². The number of hydrogen-bond acceptors (Lipinski definition) is 1. The van der Waals surface area contributed by atoms with Crippen molar-refractivity contribution in [3.63, 3.8) is 0 Å². The molecule has 0 N–H and O–H groups in total. The summed E-state index contributed by atoms with van der Waals surface area (Å²) in [5.41, 5.74) is 1.01. The molecule has 0 radical (unpaired) electrons. The van der Waals surface area contributed by atoms with Crippen LogP contribution in [-0.4, -0.2) is 13.2 Å². The summed E-state index contributed by atoms with van der Waals surface area (Å²) in [5, 5.41) is 0. The average Bonchev–Trinajstić information content (AvgIpc) is 3.00. The van der Waals surface area contributed by atoms with E-state index < -0.39 is 23.3 Å². The van der Waals surface area contributed by atoms with E-state index in [-0.39, 0.29) is 0 Å². The van der Waals surface area contributed by atoms with Gasteiger partial charge in [0, 0.05) is 13.2 Å². The summed E-state index contributed by atoms with van der Waals surface area (Å²) in [6.45, 7) is 1.80. The Balaban J connectivity index is 1.20. The number of unbranched alkanes of at least 4 members (excludes halogenated alkanes) is 20. The Morgan fingerprint density at radius 1 is 0.349 bits per heavy atom. The normalized spacial score (nSPS) is 11.4. The molecule has 0 fully saturated rings. The van der Waals surface area contributed by atoms with Gasteiger partial charge in [0.25, 0.3) is 0 Å². The maximum Gasteiger partial charge on any atom is 0.162 e. The molecule has 244 valence electrons. The third-order valence-electron chi connectivity index (χ3n) is 8.53. The molecule has 0 amide bonds. The molecule has 2 aromatic carbocycles. The largest absolute Gasteiger partial charge is 0.381 e. The SMILES string of the molecule is Fc1cccc(CCCCCCCCCCCCCOCCCCCCCCCCCCCc2cccc(F)c2F)c1F. The zero-order valence-electron chi connectivity index (χ0n) is 26.8. The van der Waals surface area contributed by atoms with E-state index in [0.717, 1.165) is 38.9 Å². The van der Waals surface area contributed by atoms with E-state index in [9.17, 15) is 17.6 Å². The Morgan fingerprint density at radius 3 is 0.953 bits per heavy atom. The highest BCUT2D eigenvalue weighted by molar-refractivity contribution is 5.19. The third kappa shape index (κ3) is 18.5. The number of hydrogen-bond donors (Lipinski definition) is 0. The first-order chi connectivity index (χ1) is 21.1. The van der Waals surface area contributed by atoms with Crippen molar-refractivity contribution >= 4 is 0 Å². The van der Waals surface area contributed by atoms with Gasteiger partial charge in [-0.1, -0.05) is 140 Å². The van der Waals surface area contributed by atoms with Crippen molar-refractivity contribution in [1.29, 1.82) is 0 Å². The molecule has 0 atom stereocenters. The quantitative estimate of drug-likeness (QED) is 0.0691. The lowest BCUT2D eigenvalue weighted by Crippen LogP contribution is -1.97. The van der Waals surface area contributed by atoms with Gasteiger partial charge in [0.05, 0.1) is 0 Å². The summed E-state index contributed by atoms with van der Waals surface area (Å²) in [4.78, 5) is 0. The summed E-state index contributed by atoms with van der Waals surface area (Å²) in [7, 11) is 0. The topological polar surface area (TPSA) is 9.23 Å². The molecule has 0 bridgehead atoms. The van der Waals surface area contributed by atoms with Gasteiger partial charge in [0.2, 0.25) is 0 Å². The number of benzene rings is 2. The van der Waals surface area contributed by atoms with Crippen LogP contribution in [0, 0.1) is 23.3 Å². The van der Waals surface area contributed by atoms with E-state index in [1.807, 2.05) is 0 Å². The van der Waals surface area contributed by atoms with Gasteiger partial charge in [-0.05, 0) is 61.8 Å². The maximum absolute atomic E-state index is 13.6. The van der Waals surface area contributed by atoms with Crippen molar-refractivity contribution in [2.45, 2.75) is 154 Å². The lowest BCUT2D eigenvalue weighted by atomic mass is 10.0. The van der Waals surface area contributed by atoms with Crippen molar-refractivity contribution in [3.8, 4) is 0 Å². The summed E-state index contributed by atoms with van der Waals surface area (Å²) < 4.78 is 59.5. The van der Waals surface area contributed by atoms with Gasteiger partial charge in [-0.3, -0.25) is 0 Å². The minimum atomic E-state index is -0.739. The minimum absolute atomic E-state index is 0.505. The molecule has 2 aromatic rings. The Bertz CT molecular complexity index is 872. The number of ether oxygens (including phenoxy) is 1. The standard InChI is InChI=1S/C38H58F4O/c39-35-29-23-27-33(37(35)41)25-19-15-11-7-3-1-5-9-13-17-21-31-43-32-22-18-14-10-6-2-4-8-12-16-20-26-34-28-24-30-36(40)38(34)42/h23-24,27-30H,1-22,25-26,31-32H2. The lowest BCUT2D eigenvalue weighted by Gasteiger charge is -2.06. The van der Waals surface area contributed by atoms with Gasteiger partial charge in [0.1, 0.15) is 0 Å². The fraction of sp³-hybridized carbons (Fsp3) is 0.684. The van der Waals surface area contributed by atoms with Crippen LogP contribution in [0.4, 0.5) is 17.6 Å². The Labute approximate surface area is 260 Å². The first kappa shape index (κ1) is 37.3. The summed E-state index contributed by atoms with van der Waals surface area (Å²) in [6, 6.07) is 8.91. The first-order valence-corrected chi connectivity index (χ1v) is 17.5. The van der Waals surface area contributed by atoms with Crippen molar-refractivity contribution in [2.75, 3.05) is 13.2 Å². The molecule has 0 aromatic heterocycles. The first-order valence-electron chi connectivity index (χ1n) is 17.5. The van der Waals surface area contributed by atoms with E-state index in [4.69, 9.17) is 4.74 Å². The molecule has 0 aliphatic rings. The van der Waals surface area contributed by atoms with Gasteiger partial charge in [-0.25, -0.2) is 17.6 Å². The molecular formula is C38H58F4O. The Hall–Kier alpha value is -1.88. The smallest absolute Gasteiger partial charge is 0.162 e. The predicted molar refractivity (Wildman–Crippen MR) is 173 cm³/mol. The van der Waals surface area contributed by atoms with Crippen LogP contribution in [0.5, 0.6) is 0 Å². The minimum Gasteiger partial charge on any atom is -0.381 e. The monoisotopic (exact) mass is 606 g/mol. The van der Waals surface area contributed by atoms with E-state index in [1.165, 1.54) is 128 Å². The average molecular weight is 607 g/mol. The van der Waals surface area contributed by atoms with E-state index in [2.05, 4.69) is 0 Å². The second-order valence-corrected chi connectivity index (χ2v) is 12.3. The molecule has 5 heteroatoms. The van der Waals surface area contributed by atoms with Crippen LogP contribution < -0.4 is 0 Å². The Kier molecular flexibility index (Phi) is 22.1. The zero-order chi connectivity index (χ0) is 30.8. The molecule has 0 saturated heterocycles. The van der Waals surface area contributed by atoms with Crippen LogP contribution in [-0.2, 0) is 17.6 Å². The van der Waals surface area contributed by atoms with Gasteiger partial charge in [-0.15, -0.1) is 0 Å². The van der Waals surface area contributed by atoms with Crippen molar-refractivity contribution in [2.24, 2.45) is 0 Å².